The van der Waals surface area contributed by atoms with E-state index in [2.05, 4.69) is 37.8 Å². The van der Waals surface area contributed by atoms with Gasteiger partial charge in [0.1, 0.15) is 6.29 Å². The van der Waals surface area contributed by atoms with Crippen LogP contribution < -0.4 is 0 Å². The van der Waals surface area contributed by atoms with Crippen molar-refractivity contribution in [1.82, 2.24) is 4.90 Å². The third-order valence-corrected chi connectivity index (χ3v) is 4.00. The van der Waals surface area contributed by atoms with Crippen LogP contribution in [0.15, 0.2) is 30.3 Å². The van der Waals surface area contributed by atoms with Crippen LogP contribution in [-0.4, -0.2) is 30.3 Å². The molecule has 0 bridgehead atoms. The number of carbonyl (C=O) groups excluding carboxylic acids is 1. The predicted molar refractivity (Wildman–Crippen MR) is 86.1 cm³/mol. The Labute approximate surface area is 124 Å². The molecule has 0 aliphatic carbocycles. The van der Waals surface area contributed by atoms with Crippen molar-refractivity contribution >= 4 is 6.29 Å². The van der Waals surface area contributed by atoms with Gasteiger partial charge in [-0.3, -0.25) is 4.90 Å². The molecule has 0 aliphatic heterocycles. The van der Waals surface area contributed by atoms with E-state index in [-0.39, 0.29) is 0 Å². The number of aldehydes is 1. The van der Waals surface area contributed by atoms with Gasteiger partial charge in [-0.25, -0.2) is 0 Å². The topological polar surface area (TPSA) is 20.3 Å². The molecule has 20 heavy (non-hydrogen) atoms. The second-order valence-corrected chi connectivity index (χ2v) is 6.17. The molecule has 1 rings (SSSR count). The Kier molecular flexibility index (Phi) is 6.94. The summed E-state index contributed by atoms with van der Waals surface area (Å²) < 4.78 is 0. The molecule has 2 nitrogen and oxygen atoms in total. The van der Waals surface area contributed by atoms with Crippen molar-refractivity contribution in [2.75, 3.05) is 13.1 Å². The zero-order chi connectivity index (χ0) is 15.0. The van der Waals surface area contributed by atoms with Gasteiger partial charge in [0, 0.05) is 12.6 Å². The lowest BCUT2D eigenvalue weighted by Gasteiger charge is -2.34. The maximum absolute atomic E-state index is 11.7. The van der Waals surface area contributed by atoms with Crippen molar-refractivity contribution in [2.24, 2.45) is 0 Å². The summed E-state index contributed by atoms with van der Waals surface area (Å²) in [7, 11) is 0. The molecular formula is C18H29NO. The summed E-state index contributed by atoms with van der Waals surface area (Å²) in [5, 5.41) is 0. The molecular weight excluding hydrogens is 246 g/mol. The van der Waals surface area contributed by atoms with E-state index < -0.39 is 5.41 Å². The normalized spacial score (nSPS) is 14.5. The van der Waals surface area contributed by atoms with E-state index in [1.807, 2.05) is 25.1 Å². The Balaban J connectivity index is 2.80. The molecule has 0 N–H and O–H groups in total. The van der Waals surface area contributed by atoms with Gasteiger partial charge in [0.2, 0.25) is 0 Å². The zero-order valence-corrected chi connectivity index (χ0v) is 13.4. The van der Waals surface area contributed by atoms with Crippen LogP contribution in [0.5, 0.6) is 0 Å². The predicted octanol–water partition coefficient (Wildman–Crippen LogP) is 4.04. The Hall–Kier alpha value is -1.15. The lowest BCUT2D eigenvalue weighted by atomic mass is 9.83. The number of unbranched alkanes of at least 4 members (excludes halogenated alkanes) is 2. The Bertz CT molecular complexity index is 388. The number of benzene rings is 1. The molecule has 112 valence electrons. The fourth-order valence-electron chi connectivity index (χ4n) is 2.52. The molecule has 1 aromatic rings. The summed E-state index contributed by atoms with van der Waals surface area (Å²) in [5.41, 5.74) is 0.689. The maximum atomic E-state index is 11.7. The molecule has 1 aromatic carbocycles. The van der Waals surface area contributed by atoms with E-state index in [0.717, 1.165) is 24.9 Å². The van der Waals surface area contributed by atoms with Crippen LogP contribution in [0.25, 0.3) is 0 Å². The van der Waals surface area contributed by atoms with Crippen LogP contribution in [-0.2, 0) is 10.2 Å². The van der Waals surface area contributed by atoms with Crippen LogP contribution in [0, 0.1) is 0 Å². The maximum Gasteiger partial charge on any atom is 0.131 e. The highest BCUT2D eigenvalue weighted by molar-refractivity contribution is 5.68. The summed E-state index contributed by atoms with van der Waals surface area (Å²) >= 11 is 0. The SMILES string of the molecule is CCCCCN(CC(C)(C=O)c1ccccc1)C(C)C. The third-order valence-electron chi connectivity index (χ3n) is 4.00. The van der Waals surface area contributed by atoms with E-state index >= 15 is 0 Å². The van der Waals surface area contributed by atoms with Gasteiger partial charge < -0.3 is 4.79 Å². The van der Waals surface area contributed by atoms with Crippen LogP contribution in [0.4, 0.5) is 0 Å². The standard InChI is InChI=1S/C18H29NO/c1-5-6-10-13-19(16(2)3)14-18(4,15-20)17-11-8-7-9-12-17/h7-9,11-12,15-16H,5-6,10,13-14H2,1-4H3. The van der Waals surface area contributed by atoms with Crippen LogP contribution in [0.1, 0.15) is 52.5 Å². The number of nitrogens with zero attached hydrogens (tertiary/aromatic N) is 1. The quantitative estimate of drug-likeness (QED) is 0.500. The summed E-state index contributed by atoms with van der Waals surface area (Å²) in [5.74, 6) is 0. The van der Waals surface area contributed by atoms with Gasteiger partial charge in [-0.1, -0.05) is 50.1 Å². The van der Waals surface area contributed by atoms with E-state index in [9.17, 15) is 4.79 Å². The fourth-order valence-corrected chi connectivity index (χ4v) is 2.52. The van der Waals surface area contributed by atoms with Gasteiger partial charge in [-0.2, -0.15) is 0 Å². The summed E-state index contributed by atoms with van der Waals surface area (Å²) in [4.78, 5) is 14.1. The first-order chi connectivity index (χ1) is 9.53. The molecule has 1 atom stereocenters. The van der Waals surface area contributed by atoms with E-state index in [1.165, 1.54) is 19.3 Å². The van der Waals surface area contributed by atoms with E-state index in [1.54, 1.807) is 0 Å². The molecule has 0 saturated heterocycles. The third kappa shape index (κ3) is 4.75. The highest BCUT2D eigenvalue weighted by Crippen LogP contribution is 2.23. The van der Waals surface area contributed by atoms with Crippen LogP contribution >= 0.6 is 0 Å². The van der Waals surface area contributed by atoms with Gasteiger partial charge in [-0.15, -0.1) is 0 Å². The minimum Gasteiger partial charge on any atom is -0.302 e. The first-order valence-electron chi connectivity index (χ1n) is 7.79. The first-order valence-corrected chi connectivity index (χ1v) is 7.79. The Morgan fingerprint density at radius 2 is 1.85 bits per heavy atom. The molecule has 0 spiro atoms. The largest absolute Gasteiger partial charge is 0.302 e. The lowest BCUT2D eigenvalue weighted by Crippen LogP contribution is -2.43. The smallest absolute Gasteiger partial charge is 0.131 e. The molecule has 0 aromatic heterocycles. The molecule has 0 heterocycles. The molecule has 0 saturated carbocycles. The number of hydrogen-bond acceptors (Lipinski definition) is 2. The molecule has 2 heteroatoms. The molecule has 1 unspecified atom stereocenters. The summed E-state index contributed by atoms with van der Waals surface area (Å²) in [6.45, 7) is 10.6. The van der Waals surface area contributed by atoms with Crippen molar-refractivity contribution in [1.29, 1.82) is 0 Å². The van der Waals surface area contributed by atoms with Crippen molar-refractivity contribution in [2.45, 2.75) is 58.4 Å². The number of rotatable bonds is 9. The number of carbonyl (C=O) groups is 1. The van der Waals surface area contributed by atoms with Gasteiger partial charge in [0.25, 0.3) is 0 Å². The minimum atomic E-state index is -0.419. The zero-order valence-electron chi connectivity index (χ0n) is 13.4. The summed E-state index contributed by atoms with van der Waals surface area (Å²) in [6, 6.07) is 10.6. The fraction of sp³-hybridized carbons (Fsp3) is 0.611. The second kappa shape index (κ2) is 8.21. The Morgan fingerprint density at radius 3 is 2.35 bits per heavy atom. The lowest BCUT2D eigenvalue weighted by molar-refractivity contribution is -0.113. The average molecular weight is 275 g/mol. The van der Waals surface area contributed by atoms with Crippen LogP contribution in [0.2, 0.25) is 0 Å². The molecule has 0 aliphatic rings. The Morgan fingerprint density at radius 1 is 1.20 bits per heavy atom. The second-order valence-electron chi connectivity index (χ2n) is 6.17. The highest BCUT2D eigenvalue weighted by atomic mass is 16.1. The van der Waals surface area contributed by atoms with Crippen molar-refractivity contribution in [3.05, 3.63) is 35.9 Å². The molecule has 0 radical (unpaired) electrons. The molecule has 0 amide bonds. The van der Waals surface area contributed by atoms with Crippen molar-refractivity contribution in [3.63, 3.8) is 0 Å². The van der Waals surface area contributed by atoms with Crippen LogP contribution in [0.3, 0.4) is 0 Å². The van der Waals surface area contributed by atoms with Gasteiger partial charge >= 0.3 is 0 Å². The number of hydrogen-bond donors (Lipinski definition) is 0. The minimum absolute atomic E-state index is 0.419. The first kappa shape index (κ1) is 16.9. The monoisotopic (exact) mass is 275 g/mol. The van der Waals surface area contributed by atoms with Gasteiger partial charge in [0.05, 0.1) is 5.41 Å². The van der Waals surface area contributed by atoms with E-state index in [4.69, 9.17) is 0 Å². The summed E-state index contributed by atoms with van der Waals surface area (Å²) in [6.07, 6.45) is 4.80. The van der Waals surface area contributed by atoms with Crippen molar-refractivity contribution in [3.8, 4) is 0 Å². The van der Waals surface area contributed by atoms with Gasteiger partial charge in [-0.05, 0) is 39.3 Å². The van der Waals surface area contributed by atoms with E-state index in [0.29, 0.717) is 6.04 Å². The van der Waals surface area contributed by atoms with Gasteiger partial charge in [0.15, 0.2) is 0 Å². The average Bonchev–Trinajstić information content (AvgIpc) is 2.47. The van der Waals surface area contributed by atoms with Crippen molar-refractivity contribution < 1.29 is 4.79 Å². The highest BCUT2D eigenvalue weighted by Gasteiger charge is 2.29. The molecule has 0 fully saturated rings.